The van der Waals surface area contributed by atoms with Gasteiger partial charge in [-0.3, -0.25) is 4.90 Å². The van der Waals surface area contributed by atoms with Crippen LogP contribution < -0.4 is 15.2 Å². The summed E-state index contributed by atoms with van der Waals surface area (Å²) in [5.41, 5.74) is 7.08. The van der Waals surface area contributed by atoms with Gasteiger partial charge < -0.3 is 19.9 Å². The predicted octanol–water partition coefficient (Wildman–Crippen LogP) is 1.42. The molecule has 1 aromatic carbocycles. The highest BCUT2D eigenvalue weighted by Gasteiger charge is 2.30. The summed E-state index contributed by atoms with van der Waals surface area (Å²) in [7, 11) is 5.07. The third kappa shape index (κ3) is 2.90. The monoisotopic (exact) mass is 280 g/mol. The van der Waals surface area contributed by atoms with Crippen LogP contribution in [-0.4, -0.2) is 52.0 Å². The molecule has 5 heteroatoms. The van der Waals surface area contributed by atoms with Gasteiger partial charge in [-0.1, -0.05) is 12.1 Å². The number of hydrogen-bond donors (Lipinski definition) is 1. The van der Waals surface area contributed by atoms with Crippen LogP contribution in [0.2, 0.25) is 0 Å². The van der Waals surface area contributed by atoms with Crippen LogP contribution in [-0.2, 0) is 4.74 Å². The van der Waals surface area contributed by atoms with Gasteiger partial charge in [0.15, 0.2) is 11.5 Å². The van der Waals surface area contributed by atoms with E-state index in [0.717, 1.165) is 36.6 Å². The molecule has 20 heavy (non-hydrogen) atoms. The van der Waals surface area contributed by atoms with Crippen molar-refractivity contribution in [2.75, 3.05) is 41.0 Å². The van der Waals surface area contributed by atoms with E-state index in [1.165, 1.54) is 0 Å². The van der Waals surface area contributed by atoms with Gasteiger partial charge in [-0.15, -0.1) is 0 Å². The van der Waals surface area contributed by atoms with Crippen LogP contribution in [0.5, 0.6) is 11.5 Å². The molecule has 2 N–H and O–H groups in total. The van der Waals surface area contributed by atoms with Gasteiger partial charge in [0.25, 0.3) is 0 Å². The zero-order valence-corrected chi connectivity index (χ0v) is 12.5. The smallest absolute Gasteiger partial charge is 0.165 e. The van der Waals surface area contributed by atoms with E-state index in [-0.39, 0.29) is 6.04 Å². The van der Waals surface area contributed by atoms with Crippen LogP contribution in [0.1, 0.15) is 18.0 Å². The van der Waals surface area contributed by atoms with E-state index in [1.807, 2.05) is 12.1 Å². The lowest BCUT2D eigenvalue weighted by atomic mass is 10.0. The van der Waals surface area contributed by atoms with Crippen LogP contribution >= 0.6 is 0 Å². The molecular formula is C15H24N2O3. The molecule has 1 heterocycles. The third-order valence-corrected chi connectivity index (χ3v) is 3.97. The van der Waals surface area contributed by atoms with Gasteiger partial charge in [0, 0.05) is 32.3 Å². The number of nitrogens with zero attached hydrogens (tertiary/aromatic N) is 1. The second-order valence-corrected chi connectivity index (χ2v) is 4.98. The Morgan fingerprint density at radius 3 is 2.65 bits per heavy atom. The Kier molecular flexibility index (Phi) is 5.23. The lowest BCUT2D eigenvalue weighted by Crippen LogP contribution is -2.33. The molecule has 0 radical (unpaired) electrons. The van der Waals surface area contributed by atoms with Crippen molar-refractivity contribution in [1.82, 2.24) is 4.90 Å². The minimum absolute atomic E-state index is 0.125. The van der Waals surface area contributed by atoms with Gasteiger partial charge in [0.05, 0.1) is 26.4 Å². The number of rotatable bonds is 6. The molecule has 1 aromatic rings. The second-order valence-electron chi connectivity index (χ2n) is 4.98. The lowest BCUT2D eigenvalue weighted by Gasteiger charge is -2.28. The third-order valence-electron chi connectivity index (χ3n) is 3.97. The van der Waals surface area contributed by atoms with E-state index in [1.54, 1.807) is 21.3 Å². The molecule has 0 bridgehead atoms. The Balaban J connectivity index is 2.28. The predicted molar refractivity (Wildman–Crippen MR) is 78.3 cm³/mol. The molecule has 2 unspecified atom stereocenters. The van der Waals surface area contributed by atoms with Gasteiger partial charge in [0.1, 0.15) is 0 Å². The SMILES string of the molecule is COc1cccc(C(CN)N2CCC(OC)C2)c1OC. The van der Waals surface area contributed by atoms with Crippen molar-refractivity contribution in [3.63, 3.8) is 0 Å². The van der Waals surface area contributed by atoms with E-state index < -0.39 is 0 Å². The standard InChI is InChI=1S/C15H24N2O3/c1-18-11-7-8-17(10-11)13(9-16)12-5-4-6-14(19-2)15(12)20-3/h4-6,11,13H,7-10,16H2,1-3H3. The quantitative estimate of drug-likeness (QED) is 0.854. The molecule has 2 rings (SSSR count). The molecule has 0 aliphatic carbocycles. The van der Waals surface area contributed by atoms with E-state index in [0.29, 0.717) is 12.6 Å². The van der Waals surface area contributed by atoms with Crippen molar-refractivity contribution in [2.45, 2.75) is 18.6 Å². The van der Waals surface area contributed by atoms with Crippen LogP contribution in [0.25, 0.3) is 0 Å². The number of methoxy groups -OCH3 is 3. The van der Waals surface area contributed by atoms with Crippen molar-refractivity contribution >= 4 is 0 Å². The highest BCUT2D eigenvalue weighted by molar-refractivity contribution is 5.48. The zero-order valence-electron chi connectivity index (χ0n) is 12.5. The Bertz CT molecular complexity index is 439. The van der Waals surface area contributed by atoms with E-state index in [9.17, 15) is 0 Å². The molecule has 5 nitrogen and oxygen atoms in total. The highest BCUT2D eigenvalue weighted by Crippen LogP contribution is 2.37. The topological polar surface area (TPSA) is 57.0 Å². The summed E-state index contributed by atoms with van der Waals surface area (Å²) in [6.07, 6.45) is 1.33. The first kappa shape index (κ1) is 15.1. The lowest BCUT2D eigenvalue weighted by molar-refractivity contribution is 0.101. The first-order valence-electron chi connectivity index (χ1n) is 6.93. The van der Waals surface area contributed by atoms with Gasteiger partial charge in [0.2, 0.25) is 0 Å². The summed E-state index contributed by atoms with van der Waals surface area (Å²) in [5.74, 6) is 1.51. The first-order chi connectivity index (χ1) is 9.74. The summed E-state index contributed by atoms with van der Waals surface area (Å²) in [4.78, 5) is 2.35. The number of nitrogens with two attached hydrogens (primary N) is 1. The number of benzene rings is 1. The fourth-order valence-corrected chi connectivity index (χ4v) is 2.88. The van der Waals surface area contributed by atoms with Gasteiger partial charge in [-0.05, 0) is 12.5 Å². The Morgan fingerprint density at radius 2 is 2.10 bits per heavy atom. The largest absolute Gasteiger partial charge is 0.493 e. The fraction of sp³-hybridized carbons (Fsp3) is 0.600. The molecule has 1 saturated heterocycles. The Hall–Kier alpha value is -1.30. The summed E-state index contributed by atoms with van der Waals surface area (Å²) in [6, 6.07) is 6.06. The maximum absolute atomic E-state index is 6.01. The van der Waals surface area contributed by atoms with Crippen LogP contribution in [0.3, 0.4) is 0 Å². The molecule has 112 valence electrons. The normalized spacial score (nSPS) is 20.9. The minimum Gasteiger partial charge on any atom is -0.493 e. The molecule has 1 fully saturated rings. The van der Waals surface area contributed by atoms with Gasteiger partial charge >= 0.3 is 0 Å². The van der Waals surface area contributed by atoms with Crippen molar-refractivity contribution in [3.8, 4) is 11.5 Å². The van der Waals surface area contributed by atoms with Crippen LogP contribution in [0, 0.1) is 0 Å². The Morgan fingerprint density at radius 1 is 1.30 bits per heavy atom. The first-order valence-corrected chi connectivity index (χ1v) is 6.93. The summed E-state index contributed by atoms with van der Waals surface area (Å²) in [6.45, 7) is 2.43. The molecule has 0 spiro atoms. The maximum atomic E-state index is 6.01. The van der Waals surface area contributed by atoms with E-state index in [2.05, 4.69) is 11.0 Å². The van der Waals surface area contributed by atoms with Crippen molar-refractivity contribution in [3.05, 3.63) is 23.8 Å². The number of para-hydroxylation sites is 1. The molecule has 0 saturated carbocycles. The summed E-state index contributed by atoms with van der Waals surface area (Å²) < 4.78 is 16.3. The van der Waals surface area contributed by atoms with Crippen molar-refractivity contribution in [2.24, 2.45) is 5.73 Å². The van der Waals surface area contributed by atoms with E-state index in [4.69, 9.17) is 19.9 Å². The average molecular weight is 280 g/mol. The van der Waals surface area contributed by atoms with Gasteiger partial charge in [-0.2, -0.15) is 0 Å². The van der Waals surface area contributed by atoms with Crippen molar-refractivity contribution < 1.29 is 14.2 Å². The van der Waals surface area contributed by atoms with Crippen LogP contribution in [0.4, 0.5) is 0 Å². The fourth-order valence-electron chi connectivity index (χ4n) is 2.88. The average Bonchev–Trinajstić information content (AvgIpc) is 2.96. The number of ether oxygens (including phenoxy) is 3. The molecule has 1 aliphatic heterocycles. The Labute approximate surface area is 120 Å². The number of likely N-dealkylation sites (tertiary alicyclic amines) is 1. The zero-order chi connectivity index (χ0) is 14.5. The maximum Gasteiger partial charge on any atom is 0.165 e. The number of hydrogen-bond acceptors (Lipinski definition) is 5. The molecular weight excluding hydrogens is 256 g/mol. The van der Waals surface area contributed by atoms with E-state index >= 15 is 0 Å². The summed E-state index contributed by atoms with van der Waals surface area (Å²) >= 11 is 0. The minimum atomic E-state index is 0.125. The van der Waals surface area contributed by atoms with Gasteiger partial charge in [-0.25, -0.2) is 0 Å². The summed E-state index contributed by atoms with van der Waals surface area (Å²) in [5, 5.41) is 0. The molecule has 2 atom stereocenters. The van der Waals surface area contributed by atoms with Crippen LogP contribution in [0.15, 0.2) is 18.2 Å². The second kappa shape index (κ2) is 6.92. The highest BCUT2D eigenvalue weighted by atomic mass is 16.5. The molecule has 1 aliphatic rings. The molecule has 0 aromatic heterocycles. The molecule has 0 amide bonds. The van der Waals surface area contributed by atoms with Crippen molar-refractivity contribution in [1.29, 1.82) is 0 Å².